The fourth-order valence-electron chi connectivity index (χ4n) is 2.58. The largest absolute Gasteiger partial charge is 0.394 e. The van der Waals surface area contributed by atoms with Gasteiger partial charge in [0.1, 0.15) is 18.3 Å². The van der Waals surface area contributed by atoms with Gasteiger partial charge in [-0.15, -0.1) is 0 Å². The molecule has 0 aromatic rings. The zero-order valence-corrected chi connectivity index (χ0v) is 16.5. The van der Waals surface area contributed by atoms with Crippen molar-refractivity contribution in [3.63, 3.8) is 0 Å². The summed E-state index contributed by atoms with van der Waals surface area (Å²) in [5, 5.41) is 46.4. The van der Waals surface area contributed by atoms with Gasteiger partial charge in [-0.3, -0.25) is 9.59 Å². The molecule has 0 radical (unpaired) electrons. The number of esters is 2. The third-order valence-corrected chi connectivity index (χ3v) is 4.42. The molecule has 164 valence electrons. The van der Waals surface area contributed by atoms with Gasteiger partial charge in [0.05, 0.1) is 6.61 Å². The van der Waals surface area contributed by atoms with Gasteiger partial charge in [0.2, 0.25) is 0 Å². The second-order valence-electron chi connectivity index (χ2n) is 6.88. The van der Waals surface area contributed by atoms with Crippen molar-refractivity contribution < 1.29 is 44.7 Å². The Balaban J connectivity index is 4.06. The van der Waals surface area contributed by atoms with E-state index in [2.05, 4.69) is 11.7 Å². The lowest BCUT2D eigenvalue weighted by atomic mass is 10.0. The van der Waals surface area contributed by atoms with Crippen LogP contribution in [0, 0.1) is 0 Å². The van der Waals surface area contributed by atoms with Gasteiger partial charge in [-0.05, 0) is 6.42 Å². The number of aliphatic hydroxyl groups excluding tert-OH is 5. The number of unbranched alkanes of at least 4 members (excludes halogenated alkanes) is 8. The van der Waals surface area contributed by atoms with E-state index in [4.69, 9.17) is 5.11 Å². The molecule has 9 heteroatoms. The van der Waals surface area contributed by atoms with E-state index in [0.29, 0.717) is 6.42 Å². The lowest BCUT2D eigenvalue weighted by molar-refractivity contribution is -0.171. The minimum absolute atomic E-state index is 0.0562. The molecular weight excluding hydrogens is 372 g/mol. The van der Waals surface area contributed by atoms with E-state index < -0.39 is 48.7 Å². The molecule has 0 saturated heterocycles. The number of ether oxygens (including phenoxy) is 1. The van der Waals surface area contributed by atoms with Gasteiger partial charge in [-0.1, -0.05) is 58.3 Å². The molecule has 0 aromatic carbocycles. The van der Waals surface area contributed by atoms with Crippen molar-refractivity contribution in [2.24, 2.45) is 0 Å². The molecule has 0 aromatic heterocycles. The predicted molar refractivity (Wildman–Crippen MR) is 99.1 cm³/mol. The third kappa shape index (κ3) is 10.8. The van der Waals surface area contributed by atoms with E-state index in [1.54, 1.807) is 0 Å². The molecule has 0 unspecified atom stereocenters. The number of aliphatic hydroxyl groups is 5. The van der Waals surface area contributed by atoms with Crippen LogP contribution in [0.2, 0.25) is 0 Å². The zero-order valence-electron chi connectivity index (χ0n) is 16.5. The Morgan fingerprint density at radius 2 is 1.29 bits per heavy atom. The first kappa shape index (κ1) is 26.6. The minimum atomic E-state index is -2.40. The van der Waals surface area contributed by atoms with Crippen molar-refractivity contribution in [2.45, 2.75) is 95.5 Å². The maximum atomic E-state index is 11.7. The van der Waals surface area contributed by atoms with Gasteiger partial charge in [0.25, 0.3) is 5.78 Å². The van der Waals surface area contributed by atoms with Crippen LogP contribution < -0.4 is 0 Å². The van der Waals surface area contributed by atoms with Crippen LogP contribution in [-0.2, 0) is 19.1 Å². The van der Waals surface area contributed by atoms with Crippen LogP contribution in [0.5, 0.6) is 0 Å². The molecular formula is C19H34O9. The molecule has 0 aliphatic rings. The molecule has 0 spiro atoms. The second kappa shape index (κ2) is 15.5. The van der Waals surface area contributed by atoms with E-state index in [-0.39, 0.29) is 6.42 Å². The Bertz CT molecular complexity index is 466. The number of carbonyl (C=O) groups is 3. The minimum Gasteiger partial charge on any atom is -0.394 e. The van der Waals surface area contributed by atoms with Crippen LogP contribution in [0.25, 0.3) is 0 Å². The van der Waals surface area contributed by atoms with Gasteiger partial charge in [-0.2, -0.15) is 0 Å². The van der Waals surface area contributed by atoms with Crippen molar-refractivity contribution >= 4 is 17.7 Å². The van der Waals surface area contributed by atoms with Crippen LogP contribution in [-0.4, -0.2) is 74.3 Å². The summed E-state index contributed by atoms with van der Waals surface area (Å²) in [7, 11) is 0. The van der Waals surface area contributed by atoms with E-state index in [1.165, 1.54) is 25.7 Å². The summed E-state index contributed by atoms with van der Waals surface area (Å²) in [6.07, 6.45) is 0.781. The van der Waals surface area contributed by atoms with Gasteiger partial charge in [-0.25, -0.2) is 4.79 Å². The summed E-state index contributed by atoms with van der Waals surface area (Å²) in [4.78, 5) is 34.8. The fourth-order valence-corrected chi connectivity index (χ4v) is 2.58. The van der Waals surface area contributed by atoms with Crippen molar-refractivity contribution in [3.8, 4) is 0 Å². The van der Waals surface area contributed by atoms with Crippen LogP contribution in [0.1, 0.15) is 71.1 Å². The summed E-state index contributed by atoms with van der Waals surface area (Å²) < 4.78 is 4.33. The Hall–Kier alpha value is -1.39. The SMILES string of the molecule is CCCCCCCCCCCC(=O)OC(=O)C(=O)[C@H](O)[C@@H](O)[C@H](O)[C@H](O)CO. The highest BCUT2D eigenvalue weighted by Gasteiger charge is 2.38. The van der Waals surface area contributed by atoms with Crippen molar-refractivity contribution in [2.75, 3.05) is 6.61 Å². The first-order chi connectivity index (χ1) is 13.3. The lowest BCUT2D eigenvalue weighted by Gasteiger charge is -2.24. The summed E-state index contributed by atoms with van der Waals surface area (Å²) in [5.41, 5.74) is 0. The fraction of sp³-hybridized carbons (Fsp3) is 0.842. The third-order valence-electron chi connectivity index (χ3n) is 4.42. The van der Waals surface area contributed by atoms with Crippen molar-refractivity contribution in [1.29, 1.82) is 0 Å². The number of rotatable bonds is 16. The zero-order chi connectivity index (χ0) is 21.5. The average molecular weight is 406 g/mol. The maximum absolute atomic E-state index is 11.7. The standard InChI is InChI=1S/C19H34O9/c1-2-3-4-5-6-7-8-9-10-11-14(22)28-19(27)18(26)17(25)16(24)15(23)13(21)12-20/h13,15-17,20-21,23-25H,2-12H2,1H3/t13-,15-,16+,17-/m1/s1. The average Bonchev–Trinajstić information content (AvgIpc) is 2.69. The number of hydrogen-bond donors (Lipinski definition) is 5. The Morgan fingerprint density at radius 1 is 0.786 bits per heavy atom. The Morgan fingerprint density at radius 3 is 1.79 bits per heavy atom. The highest BCUT2D eigenvalue weighted by Crippen LogP contribution is 2.11. The number of Topliss-reactive ketones (excluding diaryl/α,β-unsaturated/α-hetero) is 1. The van der Waals surface area contributed by atoms with Crippen LogP contribution in [0.3, 0.4) is 0 Å². The molecule has 0 amide bonds. The normalized spacial score (nSPS) is 15.5. The summed E-state index contributed by atoms with van der Waals surface area (Å²) in [6.45, 7) is 1.23. The van der Waals surface area contributed by atoms with E-state index >= 15 is 0 Å². The first-order valence-corrected chi connectivity index (χ1v) is 9.88. The topological polar surface area (TPSA) is 162 Å². The lowest BCUT2D eigenvalue weighted by Crippen LogP contribution is -2.50. The monoisotopic (exact) mass is 406 g/mol. The van der Waals surface area contributed by atoms with E-state index in [1.807, 2.05) is 0 Å². The van der Waals surface area contributed by atoms with Gasteiger partial charge in [0.15, 0.2) is 6.10 Å². The molecule has 0 aliphatic heterocycles. The summed E-state index contributed by atoms with van der Waals surface area (Å²) >= 11 is 0. The Labute approximate surface area is 165 Å². The molecule has 0 aliphatic carbocycles. The smallest absolute Gasteiger partial charge is 0.385 e. The van der Waals surface area contributed by atoms with Crippen molar-refractivity contribution in [3.05, 3.63) is 0 Å². The maximum Gasteiger partial charge on any atom is 0.385 e. The van der Waals surface area contributed by atoms with Crippen molar-refractivity contribution in [1.82, 2.24) is 0 Å². The number of ketones is 1. The summed E-state index contributed by atoms with van der Waals surface area (Å²) in [5.74, 6) is -4.20. The van der Waals surface area contributed by atoms with Gasteiger partial charge in [0, 0.05) is 6.42 Å². The predicted octanol–water partition coefficient (Wildman–Crippen LogP) is -0.0179. The van der Waals surface area contributed by atoms with Gasteiger partial charge >= 0.3 is 11.9 Å². The number of carbonyl (C=O) groups excluding carboxylic acids is 3. The first-order valence-electron chi connectivity index (χ1n) is 9.88. The number of hydrogen-bond acceptors (Lipinski definition) is 9. The van der Waals surface area contributed by atoms with E-state index in [0.717, 1.165) is 25.7 Å². The highest BCUT2D eigenvalue weighted by molar-refractivity contribution is 6.37. The van der Waals surface area contributed by atoms with Gasteiger partial charge < -0.3 is 30.3 Å². The molecule has 0 bridgehead atoms. The molecule has 0 heterocycles. The quantitative estimate of drug-likeness (QED) is 0.103. The molecule has 28 heavy (non-hydrogen) atoms. The highest BCUT2D eigenvalue weighted by atomic mass is 16.6. The molecule has 0 saturated carbocycles. The molecule has 0 fully saturated rings. The molecule has 4 atom stereocenters. The molecule has 9 nitrogen and oxygen atoms in total. The van der Waals surface area contributed by atoms with E-state index in [9.17, 15) is 34.8 Å². The molecule has 5 N–H and O–H groups in total. The Kier molecular flexibility index (Phi) is 14.8. The van der Waals surface area contributed by atoms with Crippen LogP contribution in [0.4, 0.5) is 0 Å². The van der Waals surface area contributed by atoms with Crippen LogP contribution in [0.15, 0.2) is 0 Å². The second-order valence-corrected chi connectivity index (χ2v) is 6.88. The molecule has 0 rings (SSSR count). The summed E-state index contributed by atoms with van der Waals surface area (Å²) in [6, 6.07) is 0. The van der Waals surface area contributed by atoms with Crippen LogP contribution >= 0.6 is 0 Å².